The van der Waals surface area contributed by atoms with E-state index in [1.54, 1.807) is 13.8 Å². The average Bonchev–Trinajstić information content (AvgIpc) is 2.43. The van der Waals surface area contributed by atoms with Crippen molar-refractivity contribution < 1.29 is 13.6 Å². The highest BCUT2D eigenvalue weighted by Gasteiger charge is 2.24. The standard InChI is InChI=1S/C13H21N3O3S/c1-10(2)12(13(14)15-17)16-20(18,19)9-8-11-6-4-3-5-7-11/h3-7,10,12,16-17H,8-9H2,1-2H3,(H2,14,15). The second kappa shape index (κ2) is 7.25. The van der Waals surface area contributed by atoms with Gasteiger partial charge in [-0.2, -0.15) is 0 Å². The first kappa shape index (κ1) is 16.5. The van der Waals surface area contributed by atoms with Crippen molar-refractivity contribution in [2.75, 3.05) is 5.75 Å². The minimum atomic E-state index is -3.50. The number of amidine groups is 1. The van der Waals surface area contributed by atoms with E-state index in [4.69, 9.17) is 10.9 Å². The molecule has 0 saturated carbocycles. The highest BCUT2D eigenvalue weighted by atomic mass is 32.2. The van der Waals surface area contributed by atoms with E-state index in [0.29, 0.717) is 6.42 Å². The van der Waals surface area contributed by atoms with Gasteiger partial charge in [0.25, 0.3) is 0 Å². The number of sulfonamides is 1. The van der Waals surface area contributed by atoms with Gasteiger partial charge in [0.2, 0.25) is 10.0 Å². The fourth-order valence-electron chi connectivity index (χ4n) is 1.75. The van der Waals surface area contributed by atoms with Gasteiger partial charge in [-0.3, -0.25) is 0 Å². The third-order valence-electron chi connectivity index (χ3n) is 2.91. The van der Waals surface area contributed by atoms with Gasteiger partial charge < -0.3 is 10.9 Å². The molecule has 1 atom stereocenters. The third kappa shape index (κ3) is 5.18. The van der Waals surface area contributed by atoms with Crippen LogP contribution in [0.3, 0.4) is 0 Å². The number of nitrogens with two attached hydrogens (primary N) is 1. The van der Waals surface area contributed by atoms with Crippen LogP contribution in [-0.2, 0) is 16.4 Å². The molecule has 112 valence electrons. The summed E-state index contributed by atoms with van der Waals surface area (Å²) < 4.78 is 26.5. The summed E-state index contributed by atoms with van der Waals surface area (Å²) in [4.78, 5) is 0. The molecule has 0 radical (unpaired) electrons. The Morgan fingerprint density at radius 1 is 1.35 bits per heavy atom. The predicted molar refractivity (Wildman–Crippen MR) is 79.1 cm³/mol. The smallest absolute Gasteiger partial charge is 0.212 e. The van der Waals surface area contributed by atoms with Gasteiger partial charge in [-0.1, -0.05) is 49.3 Å². The van der Waals surface area contributed by atoms with Gasteiger partial charge in [0.1, 0.15) is 0 Å². The Morgan fingerprint density at radius 3 is 2.45 bits per heavy atom. The number of rotatable bonds is 7. The molecule has 20 heavy (non-hydrogen) atoms. The molecule has 7 heteroatoms. The van der Waals surface area contributed by atoms with Crippen molar-refractivity contribution in [2.45, 2.75) is 26.3 Å². The summed E-state index contributed by atoms with van der Waals surface area (Å²) in [5, 5.41) is 11.6. The van der Waals surface area contributed by atoms with Crippen LogP contribution < -0.4 is 10.5 Å². The quantitative estimate of drug-likeness (QED) is 0.301. The van der Waals surface area contributed by atoms with Crippen molar-refractivity contribution in [1.29, 1.82) is 0 Å². The molecule has 0 amide bonds. The minimum absolute atomic E-state index is 0.0427. The van der Waals surface area contributed by atoms with Crippen LogP contribution in [0.15, 0.2) is 35.5 Å². The number of hydrogen-bond acceptors (Lipinski definition) is 4. The molecule has 4 N–H and O–H groups in total. The van der Waals surface area contributed by atoms with E-state index in [1.165, 1.54) is 0 Å². The highest BCUT2D eigenvalue weighted by molar-refractivity contribution is 7.89. The molecule has 0 spiro atoms. The van der Waals surface area contributed by atoms with Crippen LogP contribution >= 0.6 is 0 Å². The molecule has 0 aliphatic carbocycles. The lowest BCUT2D eigenvalue weighted by molar-refractivity contribution is 0.313. The molecule has 0 aromatic heterocycles. The lowest BCUT2D eigenvalue weighted by Gasteiger charge is -2.20. The van der Waals surface area contributed by atoms with Crippen LogP contribution in [0.1, 0.15) is 19.4 Å². The summed E-state index contributed by atoms with van der Waals surface area (Å²) in [6, 6.07) is 8.65. The Kier molecular flexibility index (Phi) is 5.97. The Hall–Kier alpha value is -1.60. The van der Waals surface area contributed by atoms with Gasteiger partial charge in [-0.05, 0) is 17.9 Å². The van der Waals surface area contributed by atoms with Crippen molar-refractivity contribution in [3.05, 3.63) is 35.9 Å². The summed E-state index contributed by atoms with van der Waals surface area (Å²) in [7, 11) is -3.50. The van der Waals surface area contributed by atoms with Crippen LogP contribution in [0, 0.1) is 5.92 Å². The van der Waals surface area contributed by atoms with Gasteiger partial charge in [-0.15, -0.1) is 0 Å². The molecule has 0 aliphatic rings. The molecular weight excluding hydrogens is 278 g/mol. The van der Waals surface area contributed by atoms with Gasteiger partial charge in [0.05, 0.1) is 11.8 Å². The Labute approximate surface area is 119 Å². The van der Waals surface area contributed by atoms with Crippen LogP contribution in [0.5, 0.6) is 0 Å². The average molecular weight is 299 g/mol. The van der Waals surface area contributed by atoms with Gasteiger partial charge >= 0.3 is 0 Å². The topological polar surface area (TPSA) is 105 Å². The number of aryl methyl sites for hydroxylation is 1. The zero-order valence-electron chi connectivity index (χ0n) is 11.7. The molecule has 0 aliphatic heterocycles. The molecule has 6 nitrogen and oxygen atoms in total. The summed E-state index contributed by atoms with van der Waals surface area (Å²) in [6.07, 6.45) is 0.414. The first-order valence-electron chi connectivity index (χ1n) is 6.37. The molecule has 0 saturated heterocycles. The zero-order chi connectivity index (χ0) is 15.2. The summed E-state index contributed by atoms with van der Waals surface area (Å²) in [5.41, 5.74) is 6.45. The van der Waals surface area contributed by atoms with E-state index in [9.17, 15) is 8.42 Å². The van der Waals surface area contributed by atoms with Crippen molar-refractivity contribution >= 4 is 15.9 Å². The maximum absolute atomic E-state index is 12.0. The van der Waals surface area contributed by atoms with E-state index >= 15 is 0 Å². The minimum Gasteiger partial charge on any atom is -0.409 e. The predicted octanol–water partition coefficient (Wildman–Crippen LogP) is 0.919. The highest BCUT2D eigenvalue weighted by Crippen LogP contribution is 2.06. The third-order valence-corrected chi connectivity index (χ3v) is 4.26. The maximum atomic E-state index is 12.0. The summed E-state index contributed by atoms with van der Waals surface area (Å²) in [5.74, 6) is -0.292. The summed E-state index contributed by atoms with van der Waals surface area (Å²) >= 11 is 0. The second-order valence-electron chi connectivity index (χ2n) is 4.92. The number of benzene rings is 1. The second-order valence-corrected chi connectivity index (χ2v) is 6.79. The van der Waals surface area contributed by atoms with Gasteiger partial charge in [0, 0.05) is 0 Å². The molecule has 0 bridgehead atoms. The number of oxime groups is 1. The van der Waals surface area contributed by atoms with E-state index in [1.807, 2.05) is 30.3 Å². The van der Waals surface area contributed by atoms with Crippen molar-refractivity contribution in [1.82, 2.24) is 4.72 Å². The van der Waals surface area contributed by atoms with Crippen LogP contribution in [0.25, 0.3) is 0 Å². The van der Waals surface area contributed by atoms with Crippen LogP contribution in [0.4, 0.5) is 0 Å². The number of nitrogens with zero attached hydrogens (tertiary/aromatic N) is 1. The molecule has 1 aromatic rings. The maximum Gasteiger partial charge on any atom is 0.212 e. The van der Waals surface area contributed by atoms with Crippen LogP contribution in [-0.4, -0.2) is 31.3 Å². The lowest BCUT2D eigenvalue weighted by atomic mass is 10.1. The largest absolute Gasteiger partial charge is 0.409 e. The van der Waals surface area contributed by atoms with Gasteiger partial charge in [0.15, 0.2) is 5.84 Å². The van der Waals surface area contributed by atoms with E-state index in [2.05, 4.69) is 9.88 Å². The van der Waals surface area contributed by atoms with E-state index in [-0.39, 0.29) is 17.5 Å². The SMILES string of the molecule is CC(C)C(NS(=O)(=O)CCc1ccccc1)/C(N)=N/O. The Bertz CT molecular complexity index is 541. The fraction of sp³-hybridized carbons (Fsp3) is 0.462. The molecule has 1 rings (SSSR count). The molecule has 1 aromatic carbocycles. The molecule has 0 heterocycles. The monoisotopic (exact) mass is 299 g/mol. The van der Waals surface area contributed by atoms with E-state index < -0.39 is 16.1 Å². The molecule has 0 fully saturated rings. The van der Waals surface area contributed by atoms with Crippen molar-refractivity contribution in [2.24, 2.45) is 16.8 Å². The van der Waals surface area contributed by atoms with Gasteiger partial charge in [-0.25, -0.2) is 13.1 Å². The molecule has 1 unspecified atom stereocenters. The zero-order valence-corrected chi connectivity index (χ0v) is 12.5. The first-order valence-corrected chi connectivity index (χ1v) is 8.02. The van der Waals surface area contributed by atoms with E-state index in [0.717, 1.165) is 5.56 Å². The Balaban J connectivity index is 2.69. The Morgan fingerprint density at radius 2 is 1.95 bits per heavy atom. The summed E-state index contributed by atoms with van der Waals surface area (Å²) in [6.45, 7) is 3.59. The fourth-order valence-corrected chi connectivity index (χ4v) is 3.15. The lowest BCUT2D eigenvalue weighted by Crippen LogP contribution is -2.48. The first-order chi connectivity index (χ1) is 9.35. The van der Waals surface area contributed by atoms with Crippen LogP contribution in [0.2, 0.25) is 0 Å². The molecular formula is C13H21N3O3S. The number of hydrogen-bond donors (Lipinski definition) is 3. The number of nitrogens with one attached hydrogen (secondary N) is 1. The normalized spacial score (nSPS) is 14.4. The van der Waals surface area contributed by atoms with Crippen molar-refractivity contribution in [3.8, 4) is 0 Å². The van der Waals surface area contributed by atoms with Crippen molar-refractivity contribution in [3.63, 3.8) is 0 Å².